The van der Waals surface area contributed by atoms with Crippen LogP contribution in [-0.2, 0) is 0 Å². The standard InChI is InChI=1S/C14H21F2N/c1-4-10(3)14(9-17-5-2)11-6-12(15)8-13(16)7-11/h6-8,10,14,17H,4-5,9H2,1-3H3. The smallest absolute Gasteiger partial charge is 0.126 e. The van der Waals surface area contributed by atoms with Crippen molar-refractivity contribution in [3.63, 3.8) is 0 Å². The Hall–Kier alpha value is -0.960. The topological polar surface area (TPSA) is 12.0 Å². The molecule has 1 aromatic rings. The highest BCUT2D eigenvalue weighted by Gasteiger charge is 2.18. The van der Waals surface area contributed by atoms with Crippen molar-refractivity contribution in [3.8, 4) is 0 Å². The summed E-state index contributed by atoms with van der Waals surface area (Å²) in [6.07, 6.45) is 0.994. The van der Waals surface area contributed by atoms with Crippen molar-refractivity contribution >= 4 is 0 Å². The van der Waals surface area contributed by atoms with Gasteiger partial charge in [-0.2, -0.15) is 0 Å². The Labute approximate surface area is 102 Å². The van der Waals surface area contributed by atoms with Crippen molar-refractivity contribution in [2.24, 2.45) is 5.92 Å². The van der Waals surface area contributed by atoms with Gasteiger partial charge < -0.3 is 5.32 Å². The van der Waals surface area contributed by atoms with Crippen LogP contribution in [0.4, 0.5) is 8.78 Å². The molecule has 1 nitrogen and oxygen atoms in total. The quantitative estimate of drug-likeness (QED) is 0.800. The van der Waals surface area contributed by atoms with Crippen LogP contribution in [-0.4, -0.2) is 13.1 Å². The zero-order valence-electron chi connectivity index (χ0n) is 10.8. The molecular formula is C14H21F2N. The van der Waals surface area contributed by atoms with Gasteiger partial charge in [0.1, 0.15) is 11.6 Å². The summed E-state index contributed by atoms with van der Waals surface area (Å²) < 4.78 is 26.4. The van der Waals surface area contributed by atoms with Crippen molar-refractivity contribution < 1.29 is 8.78 Å². The van der Waals surface area contributed by atoms with E-state index in [9.17, 15) is 8.78 Å². The molecule has 96 valence electrons. The van der Waals surface area contributed by atoms with E-state index in [-0.39, 0.29) is 5.92 Å². The molecule has 0 aliphatic heterocycles. The third-order valence-electron chi connectivity index (χ3n) is 3.26. The Bertz CT molecular complexity index is 332. The van der Waals surface area contributed by atoms with E-state index in [4.69, 9.17) is 0 Å². The molecule has 0 aromatic heterocycles. The lowest BCUT2D eigenvalue weighted by Gasteiger charge is -2.24. The van der Waals surface area contributed by atoms with Crippen LogP contribution in [0.3, 0.4) is 0 Å². The normalized spacial score (nSPS) is 14.6. The number of benzene rings is 1. The van der Waals surface area contributed by atoms with E-state index in [0.29, 0.717) is 5.92 Å². The molecule has 1 aromatic carbocycles. The molecular weight excluding hydrogens is 220 g/mol. The fraction of sp³-hybridized carbons (Fsp3) is 0.571. The summed E-state index contributed by atoms with van der Waals surface area (Å²) in [5.74, 6) is -0.435. The van der Waals surface area contributed by atoms with Gasteiger partial charge in [-0.15, -0.1) is 0 Å². The summed E-state index contributed by atoms with van der Waals surface area (Å²) in [7, 11) is 0. The van der Waals surface area contributed by atoms with Gasteiger partial charge in [0.2, 0.25) is 0 Å². The van der Waals surface area contributed by atoms with E-state index in [1.165, 1.54) is 12.1 Å². The Balaban J connectivity index is 2.94. The maximum absolute atomic E-state index is 13.2. The van der Waals surface area contributed by atoms with Gasteiger partial charge in [0.05, 0.1) is 0 Å². The molecule has 17 heavy (non-hydrogen) atoms. The average Bonchev–Trinajstić information content (AvgIpc) is 2.28. The lowest BCUT2D eigenvalue weighted by molar-refractivity contribution is 0.421. The number of rotatable bonds is 6. The van der Waals surface area contributed by atoms with Gasteiger partial charge in [-0.1, -0.05) is 27.2 Å². The van der Waals surface area contributed by atoms with Crippen molar-refractivity contribution in [1.82, 2.24) is 5.32 Å². The van der Waals surface area contributed by atoms with Gasteiger partial charge in [0, 0.05) is 12.6 Å². The first-order valence-electron chi connectivity index (χ1n) is 6.25. The van der Waals surface area contributed by atoms with Gasteiger partial charge >= 0.3 is 0 Å². The average molecular weight is 241 g/mol. The molecule has 0 fully saturated rings. The first-order valence-corrected chi connectivity index (χ1v) is 6.25. The summed E-state index contributed by atoms with van der Waals surface area (Å²) in [4.78, 5) is 0. The second-order valence-corrected chi connectivity index (χ2v) is 4.50. The molecule has 1 N–H and O–H groups in total. The largest absolute Gasteiger partial charge is 0.316 e. The molecule has 0 saturated carbocycles. The number of hydrogen-bond acceptors (Lipinski definition) is 1. The molecule has 0 amide bonds. The number of likely N-dealkylation sites (N-methyl/N-ethyl adjacent to an activating group) is 1. The molecule has 0 saturated heterocycles. The monoisotopic (exact) mass is 241 g/mol. The molecule has 0 aliphatic carbocycles. The maximum Gasteiger partial charge on any atom is 0.126 e. The molecule has 0 bridgehead atoms. The van der Waals surface area contributed by atoms with Crippen LogP contribution < -0.4 is 5.32 Å². The van der Waals surface area contributed by atoms with Crippen molar-refractivity contribution in [2.75, 3.05) is 13.1 Å². The summed E-state index contributed by atoms with van der Waals surface area (Å²) in [6.45, 7) is 7.86. The fourth-order valence-electron chi connectivity index (χ4n) is 2.02. The predicted octanol–water partition coefficient (Wildman–Crippen LogP) is 3.70. The highest BCUT2D eigenvalue weighted by atomic mass is 19.1. The molecule has 2 unspecified atom stereocenters. The van der Waals surface area contributed by atoms with Gasteiger partial charge in [0.25, 0.3) is 0 Å². The maximum atomic E-state index is 13.2. The summed E-state index contributed by atoms with van der Waals surface area (Å²) in [5.41, 5.74) is 0.748. The Kier molecular flexibility index (Phi) is 5.56. The van der Waals surface area contributed by atoms with Crippen molar-refractivity contribution in [1.29, 1.82) is 0 Å². The highest BCUT2D eigenvalue weighted by Crippen LogP contribution is 2.27. The van der Waals surface area contributed by atoms with E-state index in [1.54, 1.807) is 0 Å². The van der Waals surface area contributed by atoms with E-state index in [2.05, 4.69) is 19.2 Å². The van der Waals surface area contributed by atoms with E-state index >= 15 is 0 Å². The Morgan fingerprint density at radius 2 is 1.71 bits per heavy atom. The van der Waals surface area contributed by atoms with Crippen LogP contribution in [0.5, 0.6) is 0 Å². The van der Waals surface area contributed by atoms with E-state index < -0.39 is 11.6 Å². The minimum atomic E-state index is -0.496. The predicted molar refractivity (Wildman–Crippen MR) is 67.1 cm³/mol. The van der Waals surface area contributed by atoms with Crippen LogP contribution in [0.15, 0.2) is 18.2 Å². The third-order valence-corrected chi connectivity index (χ3v) is 3.26. The van der Waals surface area contributed by atoms with Crippen molar-refractivity contribution in [2.45, 2.75) is 33.1 Å². The lowest BCUT2D eigenvalue weighted by atomic mass is 9.85. The lowest BCUT2D eigenvalue weighted by Crippen LogP contribution is -2.25. The van der Waals surface area contributed by atoms with Gasteiger partial charge in [-0.25, -0.2) is 8.78 Å². The van der Waals surface area contributed by atoms with Gasteiger partial charge in [0.15, 0.2) is 0 Å². The minimum Gasteiger partial charge on any atom is -0.316 e. The summed E-state index contributed by atoms with van der Waals surface area (Å²) >= 11 is 0. The number of hydrogen-bond donors (Lipinski definition) is 1. The molecule has 0 aliphatic rings. The Morgan fingerprint density at radius 1 is 1.12 bits per heavy atom. The van der Waals surface area contributed by atoms with Crippen LogP contribution >= 0.6 is 0 Å². The molecule has 0 heterocycles. The molecule has 0 radical (unpaired) electrons. The molecule has 1 rings (SSSR count). The highest BCUT2D eigenvalue weighted by molar-refractivity contribution is 5.23. The van der Waals surface area contributed by atoms with Crippen LogP contribution in [0.1, 0.15) is 38.7 Å². The zero-order chi connectivity index (χ0) is 12.8. The fourth-order valence-corrected chi connectivity index (χ4v) is 2.02. The molecule has 2 atom stereocenters. The van der Waals surface area contributed by atoms with Crippen LogP contribution in [0.25, 0.3) is 0 Å². The Morgan fingerprint density at radius 3 is 2.18 bits per heavy atom. The van der Waals surface area contributed by atoms with Crippen LogP contribution in [0, 0.1) is 17.6 Å². The van der Waals surface area contributed by atoms with Gasteiger partial charge in [-0.05, 0) is 36.1 Å². The SMILES string of the molecule is CCNCC(c1cc(F)cc(F)c1)C(C)CC. The zero-order valence-corrected chi connectivity index (χ0v) is 10.8. The first-order chi connectivity index (χ1) is 8.08. The summed E-state index contributed by atoms with van der Waals surface area (Å²) in [6, 6.07) is 3.80. The second kappa shape index (κ2) is 6.70. The first kappa shape index (κ1) is 14.1. The number of halogens is 2. The minimum absolute atomic E-state index is 0.158. The van der Waals surface area contributed by atoms with E-state index in [0.717, 1.165) is 31.1 Å². The summed E-state index contributed by atoms with van der Waals surface area (Å²) in [5, 5.41) is 3.26. The van der Waals surface area contributed by atoms with Gasteiger partial charge in [-0.3, -0.25) is 0 Å². The van der Waals surface area contributed by atoms with E-state index in [1.807, 2.05) is 6.92 Å². The van der Waals surface area contributed by atoms with Crippen molar-refractivity contribution in [3.05, 3.63) is 35.4 Å². The number of nitrogens with one attached hydrogen (secondary N) is 1. The second-order valence-electron chi connectivity index (χ2n) is 4.50. The molecule has 0 spiro atoms. The third kappa shape index (κ3) is 4.08. The molecule has 3 heteroatoms. The van der Waals surface area contributed by atoms with Crippen LogP contribution in [0.2, 0.25) is 0 Å².